The van der Waals surface area contributed by atoms with Gasteiger partial charge in [0.05, 0.1) is 18.4 Å². The minimum atomic E-state index is -1.19. The molecule has 1 heterocycles. The smallest absolute Gasteiger partial charge is 0.142 e. The summed E-state index contributed by atoms with van der Waals surface area (Å²) in [5.74, 6) is 0. The van der Waals surface area contributed by atoms with Crippen molar-refractivity contribution in [3.05, 3.63) is 35.9 Å². The van der Waals surface area contributed by atoms with Gasteiger partial charge in [0.1, 0.15) is 24.9 Å². The van der Waals surface area contributed by atoms with Gasteiger partial charge in [0.25, 0.3) is 0 Å². The number of aliphatic hydroxyl groups excluding tert-OH is 3. The predicted molar refractivity (Wildman–Crippen MR) is 76.7 cm³/mol. The minimum Gasteiger partial charge on any atom is -0.391 e. The van der Waals surface area contributed by atoms with Crippen molar-refractivity contribution in [2.75, 3.05) is 6.61 Å². The fraction of sp³-hybridized carbons (Fsp3) is 0.533. The first-order valence-corrected chi connectivity index (χ1v) is 6.93. The Balaban J connectivity index is 1.80. The van der Waals surface area contributed by atoms with E-state index in [-0.39, 0.29) is 6.61 Å². The van der Waals surface area contributed by atoms with Crippen molar-refractivity contribution in [1.82, 2.24) is 0 Å². The molecule has 1 saturated heterocycles. The first-order valence-electron chi connectivity index (χ1n) is 6.93. The minimum absolute atomic E-state index is 0.00104. The maximum atomic E-state index is 9.83. The molecule has 0 aromatic heterocycles. The van der Waals surface area contributed by atoms with E-state index in [1.807, 2.05) is 30.3 Å². The number of oxime groups is 1. The van der Waals surface area contributed by atoms with E-state index in [0.717, 1.165) is 5.56 Å². The fourth-order valence-electron chi connectivity index (χ4n) is 2.17. The number of rotatable bonds is 5. The van der Waals surface area contributed by atoms with Crippen molar-refractivity contribution in [3.63, 3.8) is 0 Å². The molecule has 0 spiro atoms. The molecule has 1 aromatic carbocycles. The van der Waals surface area contributed by atoms with Gasteiger partial charge in [-0.1, -0.05) is 35.5 Å². The molecule has 1 aliphatic rings. The van der Waals surface area contributed by atoms with E-state index < -0.39 is 24.4 Å². The van der Waals surface area contributed by atoms with Gasteiger partial charge >= 0.3 is 0 Å². The number of benzene rings is 1. The van der Waals surface area contributed by atoms with E-state index >= 15 is 0 Å². The standard InChI is InChI=1S/C15H21NO5/c1-10(16-21-8-11-5-3-2-4-6-11)7-13-15(19)14(18)12(17)9-20-13/h2-6,12-15,17-19H,7-9H2,1H3/b16-10+/t12-,13+,14+,15+/m1/s1. The highest BCUT2D eigenvalue weighted by atomic mass is 16.6. The Bertz CT molecular complexity index is 464. The molecular formula is C15H21NO5. The molecule has 3 N–H and O–H groups in total. The lowest BCUT2D eigenvalue weighted by atomic mass is 9.97. The van der Waals surface area contributed by atoms with E-state index in [0.29, 0.717) is 18.7 Å². The normalized spacial score (nSPS) is 30.2. The third kappa shape index (κ3) is 4.50. The molecule has 1 aliphatic heterocycles. The SMILES string of the molecule is C/C(C[C@@H]1OC[C@@H](O)[C@H](O)[C@H]1O)=N\OCc1ccccc1. The van der Waals surface area contributed by atoms with Crippen molar-refractivity contribution in [2.45, 2.75) is 44.4 Å². The summed E-state index contributed by atoms with van der Waals surface area (Å²) >= 11 is 0. The van der Waals surface area contributed by atoms with Crippen LogP contribution >= 0.6 is 0 Å². The molecule has 0 saturated carbocycles. The van der Waals surface area contributed by atoms with Crippen molar-refractivity contribution in [1.29, 1.82) is 0 Å². The molecule has 1 aromatic rings. The van der Waals surface area contributed by atoms with Gasteiger partial charge < -0.3 is 24.9 Å². The van der Waals surface area contributed by atoms with Crippen LogP contribution in [0.25, 0.3) is 0 Å². The first-order chi connectivity index (χ1) is 10.1. The Morgan fingerprint density at radius 2 is 1.95 bits per heavy atom. The molecule has 0 aliphatic carbocycles. The molecule has 0 bridgehead atoms. The van der Waals surface area contributed by atoms with Crippen LogP contribution in [0, 0.1) is 0 Å². The highest BCUT2D eigenvalue weighted by molar-refractivity contribution is 5.81. The van der Waals surface area contributed by atoms with Crippen LogP contribution in [0.15, 0.2) is 35.5 Å². The largest absolute Gasteiger partial charge is 0.391 e. The Kier molecular flexibility index (Phi) is 5.69. The summed E-state index contributed by atoms with van der Waals surface area (Å²) < 4.78 is 5.31. The molecular weight excluding hydrogens is 274 g/mol. The van der Waals surface area contributed by atoms with Crippen molar-refractivity contribution in [2.24, 2.45) is 5.16 Å². The zero-order valence-electron chi connectivity index (χ0n) is 11.9. The Labute approximate surface area is 123 Å². The summed E-state index contributed by atoms with van der Waals surface area (Å²) in [6, 6.07) is 9.66. The van der Waals surface area contributed by atoms with Crippen LogP contribution in [0.3, 0.4) is 0 Å². The van der Waals surface area contributed by atoms with E-state index in [1.165, 1.54) is 0 Å². The second-order valence-electron chi connectivity index (χ2n) is 5.21. The highest BCUT2D eigenvalue weighted by Crippen LogP contribution is 2.18. The first kappa shape index (κ1) is 15.9. The van der Waals surface area contributed by atoms with Crippen molar-refractivity contribution >= 4 is 5.71 Å². The number of hydrogen-bond donors (Lipinski definition) is 3. The number of hydrogen-bond acceptors (Lipinski definition) is 6. The summed E-state index contributed by atoms with van der Waals surface area (Å²) in [5, 5.41) is 32.8. The fourth-order valence-corrected chi connectivity index (χ4v) is 2.17. The number of nitrogens with zero attached hydrogens (tertiary/aromatic N) is 1. The summed E-state index contributed by atoms with van der Waals surface area (Å²) in [4.78, 5) is 5.25. The third-order valence-corrected chi connectivity index (χ3v) is 3.40. The maximum Gasteiger partial charge on any atom is 0.142 e. The number of ether oxygens (including phenoxy) is 1. The van der Waals surface area contributed by atoms with Gasteiger partial charge in [0.15, 0.2) is 0 Å². The van der Waals surface area contributed by atoms with Crippen LogP contribution in [0.5, 0.6) is 0 Å². The quantitative estimate of drug-likeness (QED) is 0.542. The summed E-state index contributed by atoms with van der Waals surface area (Å²) in [6.07, 6.45) is -3.63. The lowest BCUT2D eigenvalue weighted by Crippen LogP contribution is -2.53. The summed E-state index contributed by atoms with van der Waals surface area (Å²) in [7, 11) is 0. The molecule has 21 heavy (non-hydrogen) atoms. The molecule has 1 fully saturated rings. The van der Waals surface area contributed by atoms with Crippen LogP contribution in [0.4, 0.5) is 0 Å². The van der Waals surface area contributed by atoms with Gasteiger partial charge in [0.2, 0.25) is 0 Å². The summed E-state index contributed by atoms with van der Waals surface area (Å²) in [6.45, 7) is 2.13. The Morgan fingerprint density at radius 1 is 1.24 bits per heavy atom. The van der Waals surface area contributed by atoms with Gasteiger partial charge in [0, 0.05) is 6.42 Å². The van der Waals surface area contributed by atoms with Gasteiger partial charge in [-0.3, -0.25) is 0 Å². The third-order valence-electron chi connectivity index (χ3n) is 3.40. The van der Waals surface area contributed by atoms with Gasteiger partial charge in [-0.15, -0.1) is 0 Å². The highest BCUT2D eigenvalue weighted by Gasteiger charge is 2.37. The molecule has 116 valence electrons. The summed E-state index contributed by atoms with van der Waals surface area (Å²) in [5.41, 5.74) is 1.67. The lowest BCUT2D eigenvalue weighted by Gasteiger charge is -2.35. The average Bonchev–Trinajstić information content (AvgIpc) is 2.49. The van der Waals surface area contributed by atoms with E-state index in [1.54, 1.807) is 6.92 Å². The van der Waals surface area contributed by atoms with Crippen LogP contribution in [-0.2, 0) is 16.2 Å². The van der Waals surface area contributed by atoms with Crippen LogP contribution < -0.4 is 0 Å². The molecule has 0 unspecified atom stereocenters. The second kappa shape index (κ2) is 7.51. The molecule has 6 heteroatoms. The zero-order valence-corrected chi connectivity index (χ0v) is 11.9. The second-order valence-corrected chi connectivity index (χ2v) is 5.21. The van der Waals surface area contributed by atoms with Gasteiger partial charge in [-0.05, 0) is 12.5 Å². The van der Waals surface area contributed by atoms with Gasteiger partial charge in [-0.2, -0.15) is 0 Å². The Hall–Kier alpha value is -1.47. The topological polar surface area (TPSA) is 91.5 Å². The van der Waals surface area contributed by atoms with Crippen molar-refractivity contribution in [3.8, 4) is 0 Å². The van der Waals surface area contributed by atoms with E-state index in [9.17, 15) is 15.3 Å². The van der Waals surface area contributed by atoms with Crippen LogP contribution in [0.2, 0.25) is 0 Å². The molecule has 2 rings (SSSR count). The predicted octanol–water partition coefficient (Wildman–Crippen LogP) is 0.451. The monoisotopic (exact) mass is 295 g/mol. The van der Waals surface area contributed by atoms with Crippen molar-refractivity contribution < 1.29 is 24.9 Å². The number of aliphatic hydroxyl groups is 3. The molecule has 0 amide bonds. The average molecular weight is 295 g/mol. The maximum absolute atomic E-state index is 9.83. The molecule has 0 radical (unpaired) electrons. The lowest BCUT2D eigenvalue weighted by molar-refractivity contribution is -0.184. The van der Waals surface area contributed by atoms with Crippen LogP contribution in [0.1, 0.15) is 18.9 Å². The Morgan fingerprint density at radius 3 is 2.67 bits per heavy atom. The van der Waals surface area contributed by atoms with E-state index in [2.05, 4.69) is 5.16 Å². The zero-order chi connectivity index (χ0) is 15.2. The van der Waals surface area contributed by atoms with Crippen LogP contribution in [-0.4, -0.2) is 52.1 Å². The molecule has 4 atom stereocenters. The van der Waals surface area contributed by atoms with E-state index in [4.69, 9.17) is 9.57 Å². The van der Waals surface area contributed by atoms with Gasteiger partial charge in [-0.25, -0.2) is 0 Å². The molecule has 6 nitrogen and oxygen atoms in total.